The number of alkyl halides is 3. The number of pyridine rings is 1. The predicted octanol–water partition coefficient (Wildman–Crippen LogP) is 4.77. The number of ether oxygens (including phenoxy) is 3. The fraction of sp³-hybridized carbons (Fsp3) is 0.211. The van der Waals surface area contributed by atoms with Crippen molar-refractivity contribution in [1.82, 2.24) is 4.98 Å². The van der Waals surface area contributed by atoms with Crippen molar-refractivity contribution in [2.24, 2.45) is 0 Å². The van der Waals surface area contributed by atoms with Crippen molar-refractivity contribution in [3.05, 3.63) is 58.3 Å². The number of hydrogen-bond donors (Lipinski definition) is 0. The molecule has 29 heavy (non-hydrogen) atoms. The lowest BCUT2D eigenvalue weighted by molar-refractivity contribution is -0.222. The third-order valence-corrected chi connectivity index (χ3v) is 3.93. The third kappa shape index (κ3) is 4.86. The lowest BCUT2D eigenvalue weighted by Gasteiger charge is -2.29. The van der Waals surface area contributed by atoms with Crippen LogP contribution in [0.4, 0.5) is 13.2 Å². The van der Waals surface area contributed by atoms with E-state index in [1.165, 1.54) is 44.2 Å². The van der Waals surface area contributed by atoms with Crippen LogP contribution in [-0.4, -0.2) is 22.7 Å². The summed E-state index contributed by atoms with van der Waals surface area (Å²) >= 11 is 5.80. The second kappa shape index (κ2) is 7.40. The van der Waals surface area contributed by atoms with E-state index in [0.29, 0.717) is 17.8 Å². The highest BCUT2D eigenvalue weighted by atomic mass is 35.5. The van der Waals surface area contributed by atoms with Crippen molar-refractivity contribution in [2.45, 2.75) is 25.8 Å². The summed E-state index contributed by atoms with van der Waals surface area (Å²) in [5, 5.41) is -0.304. The topological polar surface area (TPSA) is 74.7 Å². The zero-order chi connectivity index (χ0) is 21.4. The van der Waals surface area contributed by atoms with Crippen LogP contribution in [0.1, 0.15) is 25.0 Å². The van der Waals surface area contributed by atoms with Gasteiger partial charge in [0.25, 0.3) is 5.79 Å². The van der Waals surface area contributed by atoms with Gasteiger partial charge in [-0.1, -0.05) is 23.7 Å². The average molecular weight is 428 g/mol. The molecule has 1 aliphatic rings. The van der Waals surface area contributed by atoms with Crippen LogP contribution in [0, 0.1) is 0 Å². The first-order chi connectivity index (χ1) is 13.4. The van der Waals surface area contributed by atoms with Gasteiger partial charge in [0.1, 0.15) is 16.3 Å². The Morgan fingerprint density at radius 1 is 1.10 bits per heavy atom. The minimum Gasteiger partial charge on any atom is -0.438 e. The molecule has 3 rings (SSSR count). The maximum Gasteiger partial charge on any atom is 0.417 e. The molecule has 1 saturated heterocycles. The summed E-state index contributed by atoms with van der Waals surface area (Å²) in [6, 6.07) is 6.67. The molecule has 6 nitrogen and oxygen atoms in total. The van der Waals surface area contributed by atoms with E-state index < -0.39 is 29.5 Å². The maximum absolute atomic E-state index is 12.7. The van der Waals surface area contributed by atoms with Gasteiger partial charge in [0.05, 0.1) is 5.56 Å². The smallest absolute Gasteiger partial charge is 0.417 e. The molecule has 2 aromatic rings. The van der Waals surface area contributed by atoms with Crippen molar-refractivity contribution in [3.63, 3.8) is 0 Å². The first-order valence-electron chi connectivity index (χ1n) is 8.14. The van der Waals surface area contributed by atoms with Gasteiger partial charge in [-0.15, -0.1) is 0 Å². The summed E-state index contributed by atoms with van der Waals surface area (Å²) in [6.07, 6.45) is -2.67. The molecule has 0 N–H and O–H groups in total. The molecule has 152 valence electrons. The Balaban J connectivity index is 1.76. The van der Waals surface area contributed by atoms with Crippen LogP contribution in [0.3, 0.4) is 0 Å². The predicted molar refractivity (Wildman–Crippen MR) is 95.0 cm³/mol. The zero-order valence-electron chi connectivity index (χ0n) is 15.0. The van der Waals surface area contributed by atoms with Crippen LogP contribution in [0.2, 0.25) is 5.02 Å². The van der Waals surface area contributed by atoms with Crippen molar-refractivity contribution in [2.75, 3.05) is 0 Å². The Morgan fingerprint density at radius 2 is 1.69 bits per heavy atom. The highest BCUT2D eigenvalue weighted by Crippen LogP contribution is 2.34. The number of carbonyl (C=O) groups is 2. The molecule has 10 heteroatoms. The SMILES string of the molecule is CC1(C)OC(=O)C(=Cc2ccc(Oc3ncc(C(F)(F)F)cc3Cl)cc2)C(=O)O1. The van der Waals surface area contributed by atoms with Crippen LogP contribution >= 0.6 is 11.6 Å². The van der Waals surface area contributed by atoms with E-state index in [0.717, 1.165) is 0 Å². The van der Waals surface area contributed by atoms with Crippen LogP contribution in [-0.2, 0) is 25.2 Å². The Hall–Kier alpha value is -3.07. The number of halogens is 4. The van der Waals surface area contributed by atoms with Gasteiger partial charge < -0.3 is 14.2 Å². The van der Waals surface area contributed by atoms with Gasteiger partial charge >= 0.3 is 18.1 Å². The molecular weight excluding hydrogens is 415 g/mol. The summed E-state index contributed by atoms with van der Waals surface area (Å²) in [5.74, 6) is -2.93. The lowest BCUT2D eigenvalue weighted by Crippen LogP contribution is -2.41. The van der Waals surface area contributed by atoms with Gasteiger partial charge in [0, 0.05) is 20.0 Å². The van der Waals surface area contributed by atoms with E-state index in [4.69, 9.17) is 25.8 Å². The summed E-state index contributed by atoms with van der Waals surface area (Å²) in [5.41, 5.74) is -0.802. The minimum atomic E-state index is -4.57. The number of nitrogens with zero attached hydrogens (tertiary/aromatic N) is 1. The molecule has 1 aromatic heterocycles. The molecule has 0 spiro atoms. The molecule has 0 bridgehead atoms. The second-order valence-corrected chi connectivity index (χ2v) is 6.82. The lowest BCUT2D eigenvalue weighted by atomic mass is 10.1. The van der Waals surface area contributed by atoms with E-state index >= 15 is 0 Å². The van der Waals surface area contributed by atoms with E-state index in [9.17, 15) is 22.8 Å². The fourth-order valence-electron chi connectivity index (χ4n) is 2.34. The van der Waals surface area contributed by atoms with E-state index in [2.05, 4.69) is 4.98 Å². The summed E-state index contributed by atoms with van der Waals surface area (Å²) in [6.45, 7) is 2.87. The number of benzene rings is 1. The van der Waals surface area contributed by atoms with Crippen LogP contribution in [0.5, 0.6) is 11.6 Å². The standard InChI is InChI=1S/C19H13ClF3NO5/c1-18(2)28-16(25)13(17(26)29-18)7-10-3-5-12(6-4-10)27-15-14(20)8-11(9-24-15)19(21,22)23/h3-9H,1-2H3. The van der Waals surface area contributed by atoms with Crippen LogP contribution in [0.15, 0.2) is 42.1 Å². The number of cyclic esters (lactones) is 2. The van der Waals surface area contributed by atoms with Gasteiger partial charge in [0.15, 0.2) is 0 Å². The molecule has 0 radical (unpaired) electrons. The quantitative estimate of drug-likeness (QED) is 0.399. The Morgan fingerprint density at radius 3 is 2.21 bits per heavy atom. The molecule has 0 unspecified atom stereocenters. The van der Waals surface area contributed by atoms with Crippen LogP contribution in [0.25, 0.3) is 6.08 Å². The van der Waals surface area contributed by atoms with Crippen molar-refractivity contribution in [1.29, 1.82) is 0 Å². The van der Waals surface area contributed by atoms with E-state index in [1.807, 2.05) is 0 Å². The number of esters is 2. The summed E-state index contributed by atoms with van der Waals surface area (Å²) < 4.78 is 53.3. The van der Waals surface area contributed by atoms with Crippen LogP contribution < -0.4 is 4.74 Å². The second-order valence-electron chi connectivity index (χ2n) is 6.42. The number of aromatic nitrogens is 1. The molecule has 1 aliphatic heterocycles. The molecule has 0 atom stereocenters. The van der Waals surface area contributed by atoms with Gasteiger partial charge in [-0.05, 0) is 29.8 Å². The van der Waals surface area contributed by atoms with Gasteiger partial charge in [-0.3, -0.25) is 0 Å². The number of carbonyl (C=O) groups excluding carboxylic acids is 2. The summed E-state index contributed by atoms with van der Waals surface area (Å²) in [4.78, 5) is 27.5. The largest absolute Gasteiger partial charge is 0.438 e. The molecule has 0 amide bonds. The maximum atomic E-state index is 12.7. The Labute approximate surface area is 167 Å². The Bertz CT molecular complexity index is 978. The van der Waals surface area contributed by atoms with Gasteiger partial charge in [-0.2, -0.15) is 13.2 Å². The van der Waals surface area contributed by atoms with Gasteiger partial charge in [0.2, 0.25) is 5.88 Å². The highest BCUT2D eigenvalue weighted by Gasteiger charge is 2.38. The molecule has 0 saturated carbocycles. The van der Waals surface area contributed by atoms with Crippen molar-refractivity contribution < 1.29 is 37.0 Å². The van der Waals surface area contributed by atoms with Gasteiger partial charge in [-0.25, -0.2) is 14.6 Å². The summed E-state index contributed by atoms with van der Waals surface area (Å²) in [7, 11) is 0. The first-order valence-corrected chi connectivity index (χ1v) is 8.51. The number of hydrogen-bond acceptors (Lipinski definition) is 6. The Kier molecular flexibility index (Phi) is 5.27. The monoisotopic (exact) mass is 427 g/mol. The molecule has 0 aliphatic carbocycles. The molecule has 1 fully saturated rings. The minimum absolute atomic E-state index is 0.201. The van der Waals surface area contributed by atoms with Crippen molar-refractivity contribution >= 4 is 29.6 Å². The zero-order valence-corrected chi connectivity index (χ0v) is 15.8. The average Bonchev–Trinajstić information content (AvgIpc) is 2.59. The fourth-order valence-corrected chi connectivity index (χ4v) is 2.55. The number of rotatable bonds is 3. The third-order valence-electron chi connectivity index (χ3n) is 3.66. The highest BCUT2D eigenvalue weighted by molar-refractivity contribution is 6.31. The van der Waals surface area contributed by atoms with E-state index in [1.54, 1.807) is 0 Å². The first kappa shape index (κ1) is 20.7. The van der Waals surface area contributed by atoms with Crippen molar-refractivity contribution in [3.8, 4) is 11.6 Å². The van der Waals surface area contributed by atoms with E-state index in [-0.39, 0.29) is 22.2 Å². The normalized spacial score (nSPS) is 16.1. The molecule has 2 heterocycles. The molecular formula is C19H13ClF3NO5. The molecule has 1 aromatic carbocycles.